The van der Waals surface area contributed by atoms with Crippen LogP contribution in [0.25, 0.3) is 0 Å². The van der Waals surface area contributed by atoms with Gasteiger partial charge in [-0.25, -0.2) is 18.0 Å². The van der Waals surface area contributed by atoms with Gasteiger partial charge in [-0.3, -0.25) is 14.5 Å². The summed E-state index contributed by atoms with van der Waals surface area (Å²) in [5, 5.41) is 5.59. The predicted octanol–water partition coefficient (Wildman–Crippen LogP) is 3.94. The highest BCUT2D eigenvalue weighted by Gasteiger charge is 2.36. The van der Waals surface area contributed by atoms with Crippen LogP contribution >= 0.6 is 0 Å². The molecule has 0 spiro atoms. The van der Waals surface area contributed by atoms with Crippen LogP contribution < -0.4 is 10.6 Å². The van der Waals surface area contributed by atoms with E-state index in [4.69, 9.17) is 4.74 Å². The molecule has 2 N–H and O–H groups in total. The SMILES string of the molecule is CC(=O)Nc1cccc(C2CCN(CCCNC(=O)CN3C(=O)OC[C@@H]3c3cc(F)c(F)c(F)c3)CC2)c1. The van der Waals surface area contributed by atoms with Gasteiger partial charge in [-0.15, -0.1) is 0 Å². The van der Waals surface area contributed by atoms with E-state index in [1.54, 1.807) is 0 Å². The number of benzene rings is 2. The van der Waals surface area contributed by atoms with Gasteiger partial charge >= 0.3 is 6.09 Å². The third-order valence-corrected chi connectivity index (χ3v) is 6.92. The number of anilines is 1. The number of nitrogens with zero attached hydrogens (tertiary/aromatic N) is 2. The van der Waals surface area contributed by atoms with E-state index in [0.29, 0.717) is 12.5 Å². The van der Waals surface area contributed by atoms with Gasteiger partial charge in [0.15, 0.2) is 17.5 Å². The van der Waals surface area contributed by atoms with E-state index in [2.05, 4.69) is 21.6 Å². The first kappa shape index (κ1) is 27.4. The molecule has 2 aromatic rings. The minimum atomic E-state index is -1.59. The van der Waals surface area contributed by atoms with Crippen molar-refractivity contribution in [3.8, 4) is 0 Å². The summed E-state index contributed by atoms with van der Waals surface area (Å²) in [5.74, 6) is -4.42. The van der Waals surface area contributed by atoms with Crippen LogP contribution in [0.1, 0.15) is 49.3 Å². The van der Waals surface area contributed by atoms with E-state index in [-0.39, 0.29) is 24.6 Å². The summed E-state index contributed by atoms with van der Waals surface area (Å²) < 4.78 is 45.5. The van der Waals surface area contributed by atoms with Crippen molar-refractivity contribution < 1.29 is 32.3 Å². The molecule has 0 aliphatic carbocycles. The summed E-state index contributed by atoms with van der Waals surface area (Å²) in [6.45, 7) is 4.02. The molecule has 2 aliphatic rings. The molecule has 2 heterocycles. The number of amides is 3. The molecule has 2 aliphatic heterocycles. The minimum absolute atomic E-state index is 0.0188. The molecule has 3 amide bonds. The fourth-order valence-corrected chi connectivity index (χ4v) is 4.97. The maximum absolute atomic E-state index is 13.6. The topological polar surface area (TPSA) is 91.0 Å². The highest BCUT2D eigenvalue weighted by Crippen LogP contribution is 2.30. The van der Waals surface area contributed by atoms with Gasteiger partial charge < -0.3 is 20.3 Å². The number of cyclic esters (lactones) is 1. The second-order valence-corrected chi connectivity index (χ2v) is 9.65. The molecule has 0 aromatic heterocycles. The van der Waals surface area contributed by atoms with Crippen molar-refractivity contribution in [2.45, 2.75) is 38.1 Å². The van der Waals surface area contributed by atoms with E-state index in [9.17, 15) is 27.6 Å². The van der Waals surface area contributed by atoms with Crippen LogP contribution in [0.5, 0.6) is 0 Å². The van der Waals surface area contributed by atoms with Gasteiger partial charge in [-0.1, -0.05) is 12.1 Å². The minimum Gasteiger partial charge on any atom is -0.447 e. The lowest BCUT2D eigenvalue weighted by molar-refractivity contribution is -0.122. The zero-order chi connectivity index (χ0) is 27.2. The van der Waals surface area contributed by atoms with E-state index in [1.807, 2.05) is 18.2 Å². The highest BCUT2D eigenvalue weighted by molar-refractivity contribution is 5.88. The second kappa shape index (κ2) is 12.3. The lowest BCUT2D eigenvalue weighted by atomic mass is 9.89. The van der Waals surface area contributed by atoms with Crippen LogP contribution in [0.2, 0.25) is 0 Å². The Kier molecular flexibility index (Phi) is 8.88. The van der Waals surface area contributed by atoms with Gasteiger partial charge in [0, 0.05) is 19.2 Å². The fraction of sp³-hybridized carbons (Fsp3) is 0.444. The van der Waals surface area contributed by atoms with Crippen LogP contribution in [-0.2, 0) is 14.3 Å². The lowest BCUT2D eigenvalue weighted by Crippen LogP contribution is -2.40. The molecule has 0 radical (unpaired) electrons. The number of hydrogen-bond donors (Lipinski definition) is 2. The standard InChI is InChI=1S/C27H31F3N4O4/c1-17(35)32-21-5-2-4-19(12-21)18-6-10-33(11-7-18)9-3-8-31-25(36)15-34-24(16-38-27(34)37)20-13-22(28)26(30)23(29)14-20/h2,4-5,12-14,18,24H,3,6-11,15-16H2,1H3,(H,31,36)(H,32,35)/t24-/m1/s1. The number of hydrogen-bond acceptors (Lipinski definition) is 5. The molecule has 2 aromatic carbocycles. The third kappa shape index (κ3) is 6.83. The van der Waals surface area contributed by atoms with Crippen molar-refractivity contribution in [3.05, 3.63) is 65.0 Å². The Morgan fingerprint density at radius 3 is 2.45 bits per heavy atom. The maximum Gasteiger partial charge on any atom is 0.410 e. The lowest BCUT2D eigenvalue weighted by Gasteiger charge is -2.32. The number of ether oxygens (including phenoxy) is 1. The number of carbonyl (C=O) groups excluding carboxylic acids is 3. The molecule has 8 nitrogen and oxygen atoms in total. The van der Waals surface area contributed by atoms with Gasteiger partial charge in [0.05, 0.1) is 6.04 Å². The zero-order valence-electron chi connectivity index (χ0n) is 21.1. The number of carbonyl (C=O) groups is 3. The van der Waals surface area contributed by atoms with Crippen molar-refractivity contribution in [2.24, 2.45) is 0 Å². The first-order valence-electron chi connectivity index (χ1n) is 12.7. The molecule has 1 atom stereocenters. The van der Waals surface area contributed by atoms with Crippen molar-refractivity contribution in [2.75, 3.05) is 44.6 Å². The molecule has 2 saturated heterocycles. The number of rotatable bonds is 9. The zero-order valence-corrected chi connectivity index (χ0v) is 21.1. The van der Waals surface area contributed by atoms with Crippen LogP contribution in [0.3, 0.4) is 0 Å². The Balaban J connectivity index is 1.19. The van der Waals surface area contributed by atoms with Gasteiger partial charge in [0.1, 0.15) is 13.2 Å². The van der Waals surface area contributed by atoms with Gasteiger partial charge in [0.25, 0.3) is 0 Å². The highest BCUT2D eigenvalue weighted by atomic mass is 19.2. The summed E-state index contributed by atoms with van der Waals surface area (Å²) in [5.41, 5.74) is 2.04. The van der Waals surface area contributed by atoms with E-state index >= 15 is 0 Å². The Bertz CT molecular complexity index is 1160. The fourth-order valence-electron chi connectivity index (χ4n) is 4.97. The Morgan fingerprint density at radius 2 is 1.76 bits per heavy atom. The molecule has 4 rings (SSSR count). The second-order valence-electron chi connectivity index (χ2n) is 9.65. The summed E-state index contributed by atoms with van der Waals surface area (Å²) in [4.78, 5) is 39.3. The van der Waals surface area contributed by atoms with Gasteiger partial charge in [-0.05, 0) is 80.2 Å². The number of likely N-dealkylation sites (tertiary alicyclic amines) is 1. The number of halogens is 3. The molecule has 38 heavy (non-hydrogen) atoms. The number of piperidine rings is 1. The van der Waals surface area contributed by atoms with Gasteiger partial charge in [0.2, 0.25) is 11.8 Å². The van der Waals surface area contributed by atoms with E-state index < -0.39 is 35.5 Å². The van der Waals surface area contributed by atoms with Crippen molar-refractivity contribution in [3.63, 3.8) is 0 Å². The Labute approximate surface area is 219 Å². The third-order valence-electron chi connectivity index (χ3n) is 6.92. The Morgan fingerprint density at radius 1 is 1.05 bits per heavy atom. The van der Waals surface area contributed by atoms with Crippen LogP contribution in [0, 0.1) is 17.5 Å². The summed E-state index contributed by atoms with van der Waals surface area (Å²) >= 11 is 0. The number of nitrogens with one attached hydrogen (secondary N) is 2. The van der Waals surface area contributed by atoms with Crippen molar-refractivity contribution in [1.82, 2.24) is 15.1 Å². The largest absolute Gasteiger partial charge is 0.447 e. The molecule has 0 bridgehead atoms. The van der Waals surface area contributed by atoms with Crippen LogP contribution in [0.4, 0.5) is 23.7 Å². The van der Waals surface area contributed by atoms with Crippen molar-refractivity contribution in [1.29, 1.82) is 0 Å². The molecule has 204 valence electrons. The first-order valence-corrected chi connectivity index (χ1v) is 12.7. The average Bonchev–Trinajstić information content (AvgIpc) is 3.24. The normalized spacial score (nSPS) is 18.4. The van der Waals surface area contributed by atoms with E-state index in [0.717, 1.165) is 61.6 Å². The molecule has 2 fully saturated rings. The average molecular weight is 533 g/mol. The smallest absolute Gasteiger partial charge is 0.410 e. The van der Waals surface area contributed by atoms with E-state index in [1.165, 1.54) is 12.5 Å². The summed E-state index contributed by atoms with van der Waals surface area (Å²) in [6, 6.07) is 8.67. The molecule has 11 heteroatoms. The van der Waals surface area contributed by atoms with Gasteiger partial charge in [-0.2, -0.15) is 0 Å². The molecule has 0 unspecified atom stereocenters. The molecule has 0 saturated carbocycles. The monoisotopic (exact) mass is 532 g/mol. The van der Waals surface area contributed by atoms with Crippen LogP contribution in [-0.4, -0.2) is 67.0 Å². The maximum atomic E-state index is 13.6. The molecular weight excluding hydrogens is 501 g/mol. The predicted molar refractivity (Wildman–Crippen MR) is 134 cm³/mol. The Hall–Kier alpha value is -3.60. The quantitative estimate of drug-likeness (QED) is 0.377. The van der Waals surface area contributed by atoms with Crippen LogP contribution in [0.15, 0.2) is 36.4 Å². The van der Waals surface area contributed by atoms with Crippen molar-refractivity contribution >= 4 is 23.6 Å². The summed E-state index contributed by atoms with van der Waals surface area (Å²) in [7, 11) is 0. The first-order chi connectivity index (χ1) is 18.2. The molecular formula is C27H31F3N4O4. The summed E-state index contributed by atoms with van der Waals surface area (Å²) in [6.07, 6.45) is 1.94.